The molecule has 12 aromatic rings. The molecule has 2 aliphatic carbocycles. The molecule has 9 aromatic carbocycles. The van der Waals surface area contributed by atoms with Crippen molar-refractivity contribution in [3.05, 3.63) is 249 Å². The molecule has 3 heterocycles. The summed E-state index contributed by atoms with van der Waals surface area (Å²) in [6, 6.07) is 65.9. The molecular formula is C76H85N3. The molecule has 0 amide bonds. The lowest BCUT2D eigenvalue weighted by molar-refractivity contribution is 0.682. The van der Waals surface area contributed by atoms with Gasteiger partial charge in [0.25, 0.3) is 0 Å². The van der Waals surface area contributed by atoms with Gasteiger partial charge >= 0.3 is 0 Å². The fraction of sp³-hybridized carbons (Fsp3) is 0.289. The predicted octanol–water partition coefficient (Wildman–Crippen LogP) is 20.7. The summed E-state index contributed by atoms with van der Waals surface area (Å²) in [4.78, 5) is 0. The summed E-state index contributed by atoms with van der Waals surface area (Å²) in [6.07, 6.45) is 10.8. The molecule has 0 unspecified atom stereocenters. The number of hydrogen-bond acceptors (Lipinski definition) is 0. The second-order valence-electron chi connectivity index (χ2n) is 22.3. The minimum atomic E-state index is 1.02. The average molecular weight is 1040 g/mol. The van der Waals surface area contributed by atoms with E-state index in [4.69, 9.17) is 0 Å². The van der Waals surface area contributed by atoms with Crippen LogP contribution in [0.15, 0.2) is 182 Å². The van der Waals surface area contributed by atoms with Crippen LogP contribution in [0.5, 0.6) is 0 Å². The van der Waals surface area contributed by atoms with Gasteiger partial charge in [0.05, 0.1) is 5.52 Å². The van der Waals surface area contributed by atoms with Crippen LogP contribution >= 0.6 is 0 Å². The lowest BCUT2D eigenvalue weighted by atomic mass is 9.89. The summed E-state index contributed by atoms with van der Waals surface area (Å²) in [7, 11) is 0. The molecule has 3 heteroatoms. The van der Waals surface area contributed by atoms with E-state index in [0.29, 0.717) is 0 Å². The summed E-state index contributed by atoms with van der Waals surface area (Å²) in [5, 5.41) is 8.20. The van der Waals surface area contributed by atoms with Crippen LogP contribution in [-0.4, -0.2) is 13.7 Å². The zero-order valence-corrected chi connectivity index (χ0v) is 49.4. The van der Waals surface area contributed by atoms with E-state index in [1.165, 1.54) is 161 Å². The highest BCUT2D eigenvalue weighted by molar-refractivity contribution is 6.10. The van der Waals surface area contributed by atoms with Gasteiger partial charge in [0, 0.05) is 79.5 Å². The van der Waals surface area contributed by atoms with Crippen molar-refractivity contribution in [1.29, 1.82) is 0 Å². The first-order valence-corrected chi connectivity index (χ1v) is 29.5. The van der Waals surface area contributed by atoms with Crippen LogP contribution in [0.2, 0.25) is 0 Å². The van der Waals surface area contributed by atoms with E-state index in [-0.39, 0.29) is 0 Å². The molecule has 404 valence electrons. The number of hydrogen-bond donors (Lipinski definition) is 0. The number of nitrogens with zero attached hydrogens (tertiary/aromatic N) is 3. The monoisotopic (exact) mass is 1040 g/mol. The van der Waals surface area contributed by atoms with Gasteiger partial charge in [-0.3, -0.25) is 0 Å². The number of aromatic nitrogens is 3. The first-order valence-electron chi connectivity index (χ1n) is 29.5. The predicted molar refractivity (Wildman–Crippen MR) is 346 cm³/mol. The molecule has 3 nitrogen and oxygen atoms in total. The van der Waals surface area contributed by atoms with Gasteiger partial charge in [0.2, 0.25) is 0 Å². The number of para-hydroxylation sites is 4. The minimum Gasteiger partial charge on any atom is -0.341 e. The first-order chi connectivity index (χ1) is 38.4. The third kappa shape index (κ3) is 12.6. The van der Waals surface area contributed by atoms with E-state index in [9.17, 15) is 0 Å². The molecule has 0 saturated heterocycles. The first kappa shape index (κ1) is 56.1. The Morgan fingerprint density at radius 2 is 0.734 bits per heavy atom. The molecule has 0 N–H and O–H groups in total. The molecule has 0 atom stereocenters. The van der Waals surface area contributed by atoms with E-state index in [1.807, 2.05) is 0 Å². The third-order valence-electron chi connectivity index (χ3n) is 16.6. The van der Waals surface area contributed by atoms with Crippen molar-refractivity contribution in [3.63, 3.8) is 0 Å². The molecule has 0 saturated carbocycles. The van der Waals surface area contributed by atoms with E-state index in [0.717, 1.165) is 19.6 Å². The van der Waals surface area contributed by atoms with Crippen LogP contribution in [-0.2, 0) is 45.3 Å². The van der Waals surface area contributed by atoms with Crippen LogP contribution in [0.1, 0.15) is 113 Å². The molecule has 0 bridgehead atoms. The normalized spacial score (nSPS) is 12.5. The molecular weight excluding hydrogens is 955 g/mol. The van der Waals surface area contributed by atoms with Gasteiger partial charge in [-0.25, -0.2) is 0 Å². The largest absolute Gasteiger partial charge is 0.341 e. The highest BCUT2D eigenvalue weighted by Gasteiger charge is 2.13. The Labute approximate surface area is 472 Å². The van der Waals surface area contributed by atoms with Crippen LogP contribution in [0.25, 0.3) is 65.4 Å². The van der Waals surface area contributed by atoms with E-state index >= 15 is 0 Å². The van der Waals surface area contributed by atoms with Gasteiger partial charge in [-0.05, 0) is 214 Å². The summed E-state index contributed by atoms with van der Waals surface area (Å²) in [5.41, 5.74) is 25.5. The number of fused-ring (bicyclic) bond motifs is 11. The highest BCUT2D eigenvalue weighted by Crippen LogP contribution is 2.33. The minimum absolute atomic E-state index is 1.02. The second kappa shape index (κ2) is 25.9. The Hall–Kier alpha value is -7.62. The molecule has 0 aliphatic heterocycles. The van der Waals surface area contributed by atoms with Gasteiger partial charge in [-0.1, -0.05) is 162 Å². The maximum absolute atomic E-state index is 2.40. The molecule has 3 aromatic heterocycles. The smallest absolute Gasteiger partial charge is 0.0520 e. The fourth-order valence-corrected chi connectivity index (χ4v) is 12.4. The van der Waals surface area contributed by atoms with Crippen molar-refractivity contribution in [3.8, 4) is 0 Å². The highest BCUT2D eigenvalue weighted by atomic mass is 15.0. The van der Waals surface area contributed by atoms with Crippen LogP contribution in [0.4, 0.5) is 0 Å². The quantitative estimate of drug-likeness (QED) is 0.168. The third-order valence-corrected chi connectivity index (χ3v) is 16.6. The Morgan fingerprint density at radius 1 is 0.278 bits per heavy atom. The zero-order chi connectivity index (χ0) is 55.6. The summed E-state index contributed by atoms with van der Waals surface area (Å²) in [6.45, 7) is 27.0. The Kier molecular flexibility index (Phi) is 18.4. The average Bonchev–Trinajstić information content (AvgIpc) is 4.34. The van der Waals surface area contributed by atoms with Gasteiger partial charge in [-0.2, -0.15) is 0 Å². The van der Waals surface area contributed by atoms with Crippen LogP contribution in [0.3, 0.4) is 0 Å². The van der Waals surface area contributed by atoms with Gasteiger partial charge in [0.15, 0.2) is 0 Å². The molecule has 0 fully saturated rings. The lowest BCUT2D eigenvalue weighted by Crippen LogP contribution is -2.03. The van der Waals surface area contributed by atoms with Crippen molar-refractivity contribution in [2.45, 2.75) is 147 Å². The lowest BCUT2D eigenvalue weighted by Gasteiger charge is -2.17. The van der Waals surface area contributed by atoms with Gasteiger partial charge in [-0.15, -0.1) is 0 Å². The van der Waals surface area contributed by atoms with E-state index in [2.05, 4.69) is 272 Å². The molecule has 2 aliphatic rings. The molecule has 0 spiro atoms. The summed E-state index contributed by atoms with van der Waals surface area (Å²) in [5.74, 6) is 0. The fourth-order valence-electron chi connectivity index (χ4n) is 12.4. The van der Waals surface area contributed by atoms with Crippen molar-refractivity contribution >= 4 is 65.4 Å². The van der Waals surface area contributed by atoms with Gasteiger partial charge in [0.1, 0.15) is 0 Å². The maximum atomic E-state index is 2.40. The van der Waals surface area contributed by atoms with Gasteiger partial charge < -0.3 is 13.7 Å². The molecule has 79 heavy (non-hydrogen) atoms. The van der Waals surface area contributed by atoms with E-state index in [1.54, 1.807) is 22.3 Å². The summed E-state index contributed by atoms with van der Waals surface area (Å²) >= 11 is 0. The Morgan fingerprint density at radius 3 is 1.38 bits per heavy atom. The van der Waals surface area contributed by atoms with Crippen LogP contribution < -0.4 is 0 Å². The molecule has 14 rings (SSSR count). The van der Waals surface area contributed by atoms with Crippen molar-refractivity contribution < 1.29 is 0 Å². The maximum Gasteiger partial charge on any atom is 0.0520 e. The SMILES string of the molecule is CCn1c2ccccc2c2cc(C)ccc21.CCn1c2ccccc2c2ccc(C)cc21.CCn1c2ccccc2c2cccc(C)c21.Cc1ccc(C)c(C)c1.Cc1ccc2c(c1)CCCC2.Cc1cccc2c1CCCC2. The van der Waals surface area contributed by atoms with Crippen molar-refractivity contribution in [1.82, 2.24) is 13.7 Å². The topological polar surface area (TPSA) is 14.8 Å². The number of benzene rings is 9. The Bertz CT molecular complexity index is 4000. The number of rotatable bonds is 3. The Balaban J connectivity index is 0.000000116. The molecule has 0 radical (unpaired) electrons. The standard InChI is InChI=1S/3C15H15N.2C11H14.C9H12/c1-3-16-14-10-5-4-8-12(14)13-9-6-7-11(2)15(13)16;1-3-16-14-7-5-4-6-12(14)13-10-11(2)8-9-15(13)16;1-3-16-14-7-5-4-6-12(14)13-9-8-11(2)10-15(13)16;1-9-5-4-7-10-6-2-3-8-11(9)10;1-9-6-7-10-4-2-3-5-11(10)8-9;1-7-4-5-8(2)9(3)6-7/h3*4-10H,3H2,1-2H3;4-5,7H,2-3,6,8H2,1H3;6-8H,2-5H2,1H3;4-6H,1-3H3. The zero-order valence-electron chi connectivity index (χ0n) is 49.4. The summed E-state index contributed by atoms with van der Waals surface area (Å²) < 4.78 is 7.17. The van der Waals surface area contributed by atoms with Crippen LogP contribution in [0, 0.1) is 55.4 Å². The van der Waals surface area contributed by atoms with Crippen molar-refractivity contribution in [2.75, 3.05) is 0 Å². The number of aryl methyl sites for hydroxylation is 14. The van der Waals surface area contributed by atoms with E-state index < -0.39 is 0 Å². The van der Waals surface area contributed by atoms with Crippen molar-refractivity contribution in [2.24, 2.45) is 0 Å². The second-order valence-corrected chi connectivity index (χ2v) is 22.3.